The fourth-order valence-corrected chi connectivity index (χ4v) is 3.66. The number of aliphatic hydroxyl groups excluding tert-OH is 1. The Bertz CT molecular complexity index is 1060. The van der Waals surface area contributed by atoms with Crippen LogP contribution in [0.5, 0.6) is 11.5 Å². The highest BCUT2D eigenvalue weighted by Gasteiger charge is 2.21. The number of nitrogens with zero attached hydrogens (tertiary/aromatic N) is 1. The average Bonchev–Trinajstić information content (AvgIpc) is 2.82. The van der Waals surface area contributed by atoms with Crippen molar-refractivity contribution in [3.63, 3.8) is 0 Å². The van der Waals surface area contributed by atoms with Crippen LogP contribution in [-0.2, 0) is 11.2 Å². The van der Waals surface area contributed by atoms with E-state index in [1.807, 2.05) is 48.5 Å². The lowest BCUT2D eigenvalue weighted by Crippen LogP contribution is -2.40. The molecular formula is C26H26N2O4. The number of piperidine rings is 1. The zero-order chi connectivity index (χ0) is 22.3. The van der Waals surface area contributed by atoms with E-state index in [1.54, 1.807) is 35.2 Å². The summed E-state index contributed by atoms with van der Waals surface area (Å²) < 4.78 is 5.88. The van der Waals surface area contributed by atoms with Gasteiger partial charge in [0.1, 0.15) is 11.5 Å². The van der Waals surface area contributed by atoms with Crippen molar-refractivity contribution < 1.29 is 19.4 Å². The SMILES string of the molecule is O=C(Nc1ccc(CC(=O)N2CCC(O)CC2)cc1)c1ccccc1Oc1ccccc1. The van der Waals surface area contributed by atoms with E-state index in [1.165, 1.54) is 0 Å². The maximum Gasteiger partial charge on any atom is 0.259 e. The van der Waals surface area contributed by atoms with Gasteiger partial charge in [0.05, 0.1) is 18.1 Å². The van der Waals surface area contributed by atoms with Crippen LogP contribution in [-0.4, -0.2) is 41.0 Å². The van der Waals surface area contributed by atoms with Crippen molar-refractivity contribution in [2.75, 3.05) is 18.4 Å². The van der Waals surface area contributed by atoms with Crippen molar-refractivity contribution >= 4 is 17.5 Å². The summed E-state index contributed by atoms with van der Waals surface area (Å²) in [6.07, 6.45) is 1.27. The Morgan fingerprint density at radius 3 is 2.28 bits per heavy atom. The van der Waals surface area contributed by atoms with Crippen molar-refractivity contribution in [3.8, 4) is 11.5 Å². The molecule has 2 N–H and O–H groups in total. The van der Waals surface area contributed by atoms with Crippen LogP contribution in [0.15, 0.2) is 78.9 Å². The molecular weight excluding hydrogens is 404 g/mol. The van der Waals surface area contributed by atoms with Crippen LogP contribution in [0.2, 0.25) is 0 Å². The Labute approximate surface area is 187 Å². The first kappa shape index (κ1) is 21.6. The molecule has 1 aliphatic rings. The normalized spacial score (nSPS) is 14.1. The second kappa shape index (κ2) is 10.1. The molecule has 1 fully saturated rings. The van der Waals surface area contributed by atoms with Crippen LogP contribution in [0.25, 0.3) is 0 Å². The lowest BCUT2D eigenvalue weighted by atomic mass is 10.1. The number of carbonyl (C=O) groups is 2. The van der Waals surface area contributed by atoms with Gasteiger partial charge in [-0.2, -0.15) is 0 Å². The van der Waals surface area contributed by atoms with E-state index in [0.717, 1.165) is 5.56 Å². The fourth-order valence-electron chi connectivity index (χ4n) is 3.66. The summed E-state index contributed by atoms with van der Waals surface area (Å²) in [5.41, 5.74) is 1.96. The highest BCUT2D eigenvalue weighted by Crippen LogP contribution is 2.26. The molecule has 0 bridgehead atoms. The highest BCUT2D eigenvalue weighted by molar-refractivity contribution is 6.06. The number of amides is 2. The van der Waals surface area contributed by atoms with E-state index in [2.05, 4.69) is 5.32 Å². The summed E-state index contributed by atoms with van der Waals surface area (Å²) in [6.45, 7) is 1.19. The quantitative estimate of drug-likeness (QED) is 0.613. The standard InChI is InChI=1S/C26H26N2O4/c29-21-14-16-28(17-15-21)25(30)18-19-10-12-20(13-11-19)27-26(31)23-8-4-5-9-24(23)32-22-6-2-1-3-7-22/h1-13,21,29H,14-18H2,(H,27,31). The average molecular weight is 431 g/mol. The monoisotopic (exact) mass is 430 g/mol. The number of para-hydroxylation sites is 2. The molecule has 6 nitrogen and oxygen atoms in total. The Morgan fingerprint density at radius 2 is 1.56 bits per heavy atom. The van der Waals surface area contributed by atoms with E-state index in [4.69, 9.17) is 4.74 Å². The third-order valence-electron chi connectivity index (χ3n) is 5.49. The summed E-state index contributed by atoms with van der Waals surface area (Å²) in [7, 11) is 0. The molecule has 0 aliphatic carbocycles. The molecule has 1 aliphatic heterocycles. The highest BCUT2D eigenvalue weighted by atomic mass is 16.5. The van der Waals surface area contributed by atoms with Gasteiger partial charge in [-0.25, -0.2) is 0 Å². The molecule has 3 aromatic carbocycles. The Balaban J connectivity index is 1.38. The smallest absolute Gasteiger partial charge is 0.259 e. The second-order valence-electron chi connectivity index (χ2n) is 7.85. The molecule has 1 heterocycles. The van der Waals surface area contributed by atoms with Crippen LogP contribution in [0.4, 0.5) is 5.69 Å². The van der Waals surface area contributed by atoms with Crippen molar-refractivity contribution in [2.45, 2.75) is 25.4 Å². The number of anilines is 1. The number of hydrogen-bond donors (Lipinski definition) is 2. The molecule has 0 aromatic heterocycles. The number of carbonyl (C=O) groups excluding carboxylic acids is 2. The number of nitrogens with one attached hydrogen (secondary N) is 1. The molecule has 3 aromatic rings. The number of benzene rings is 3. The van der Waals surface area contributed by atoms with Gasteiger partial charge in [0.2, 0.25) is 5.91 Å². The predicted molar refractivity (Wildman–Crippen MR) is 123 cm³/mol. The molecule has 6 heteroatoms. The van der Waals surface area contributed by atoms with E-state index in [-0.39, 0.29) is 17.9 Å². The van der Waals surface area contributed by atoms with Gasteiger partial charge in [0, 0.05) is 18.8 Å². The summed E-state index contributed by atoms with van der Waals surface area (Å²) in [5, 5.41) is 12.5. The van der Waals surface area contributed by atoms with Gasteiger partial charge < -0.3 is 20.1 Å². The molecule has 1 saturated heterocycles. The first-order valence-electron chi connectivity index (χ1n) is 10.8. The lowest BCUT2D eigenvalue weighted by molar-refractivity contribution is -0.132. The number of likely N-dealkylation sites (tertiary alicyclic amines) is 1. The molecule has 0 radical (unpaired) electrons. The van der Waals surface area contributed by atoms with Gasteiger partial charge in [0.15, 0.2) is 0 Å². The summed E-state index contributed by atoms with van der Waals surface area (Å²) in [4.78, 5) is 27.1. The molecule has 0 atom stereocenters. The van der Waals surface area contributed by atoms with Crippen LogP contribution in [0.1, 0.15) is 28.8 Å². The maximum atomic E-state index is 12.8. The molecule has 0 saturated carbocycles. The molecule has 164 valence electrons. The van der Waals surface area contributed by atoms with Gasteiger partial charge in [0.25, 0.3) is 5.91 Å². The maximum absolute atomic E-state index is 12.8. The summed E-state index contributed by atoms with van der Waals surface area (Å²) >= 11 is 0. The Morgan fingerprint density at radius 1 is 0.906 bits per heavy atom. The zero-order valence-corrected chi connectivity index (χ0v) is 17.7. The minimum Gasteiger partial charge on any atom is -0.457 e. The minimum atomic E-state index is -0.301. The molecule has 0 unspecified atom stereocenters. The Kier molecular flexibility index (Phi) is 6.82. The predicted octanol–water partition coefficient (Wildman–Crippen LogP) is 4.26. The van der Waals surface area contributed by atoms with E-state index in [0.29, 0.717) is 55.1 Å². The fraction of sp³-hybridized carbons (Fsp3) is 0.231. The van der Waals surface area contributed by atoms with Gasteiger partial charge in [-0.3, -0.25) is 9.59 Å². The van der Waals surface area contributed by atoms with Gasteiger partial charge in [-0.05, 0) is 54.8 Å². The van der Waals surface area contributed by atoms with E-state index < -0.39 is 0 Å². The minimum absolute atomic E-state index is 0.0562. The first-order chi connectivity index (χ1) is 15.6. The molecule has 0 spiro atoms. The summed E-state index contributed by atoms with van der Waals surface area (Å²) in [5.74, 6) is 0.919. The molecule has 4 rings (SSSR count). The van der Waals surface area contributed by atoms with Crippen molar-refractivity contribution in [1.29, 1.82) is 0 Å². The van der Waals surface area contributed by atoms with Crippen LogP contribution >= 0.6 is 0 Å². The second-order valence-corrected chi connectivity index (χ2v) is 7.85. The van der Waals surface area contributed by atoms with Crippen molar-refractivity contribution in [3.05, 3.63) is 90.0 Å². The number of aliphatic hydroxyl groups is 1. The Hall–Kier alpha value is -3.64. The topological polar surface area (TPSA) is 78.9 Å². The van der Waals surface area contributed by atoms with Crippen molar-refractivity contribution in [1.82, 2.24) is 4.90 Å². The summed E-state index contributed by atoms with van der Waals surface area (Å²) in [6, 6.07) is 23.7. The third kappa shape index (κ3) is 5.53. The number of hydrogen-bond acceptors (Lipinski definition) is 4. The van der Waals surface area contributed by atoms with Gasteiger partial charge in [-0.1, -0.05) is 42.5 Å². The third-order valence-corrected chi connectivity index (χ3v) is 5.49. The molecule has 32 heavy (non-hydrogen) atoms. The number of rotatable bonds is 6. The molecule has 2 amide bonds. The van der Waals surface area contributed by atoms with Crippen LogP contribution in [0, 0.1) is 0 Å². The number of ether oxygens (including phenoxy) is 1. The largest absolute Gasteiger partial charge is 0.457 e. The van der Waals surface area contributed by atoms with Crippen LogP contribution < -0.4 is 10.1 Å². The van der Waals surface area contributed by atoms with Crippen molar-refractivity contribution in [2.24, 2.45) is 0 Å². The van der Waals surface area contributed by atoms with Gasteiger partial charge in [-0.15, -0.1) is 0 Å². The lowest BCUT2D eigenvalue weighted by Gasteiger charge is -2.29. The van der Waals surface area contributed by atoms with Crippen LogP contribution in [0.3, 0.4) is 0 Å². The van der Waals surface area contributed by atoms with E-state index >= 15 is 0 Å². The van der Waals surface area contributed by atoms with Gasteiger partial charge >= 0.3 is 0 Å². The first-order valence-corrected chi connectivity index (χ1v) is 10.8. The zero-order valence-electron chi connectivity index (χ0n) is 17.7. The van der Waals surface area contributed by atoms with E-state index in [9.17, 15) is 14.7 Å².